The number of nitro benzene ring substituents is 1. The van der Waals surface area contributed by atoms with Crippen molar-refractivity contribution in [2.75, 3.05) is 13.2 Å². The zero-order valence-electron chi connectivity index (χ0n) is 26.9. The molecule has 0 heterocycles. The number of hydrogen-bond donors (Lipinski definition) is 2. The molecule has 0 radical (unpaired) electrons. The van der Waals surface area contributed by atoms with Gasteiger partial charge in [-0.05, 0) is 53.8 Å². The van der Waals surface area contributed by atoms with Gasteiger partial charge in [-0.25, -0.2) is 13.1 Å². The van der Waals surface area contributed by atoms with Gasteiger partial charge in [0.1, 0.15) is 30.0 Å². The van der Waals surface area contributed by atoms with E-state index in [4.69, 9.17) is 44.3 Å². The molecule has 0 aliphatic heterocycles. The fraction of sp³-hybridized carbons (Fsp3) is 0.167. The molecule has 5 rings (SSSR count). The van der Waals surface area contributed by atoms with Crippen LogP contribution in [0.25, 0.3) is 10.8 Å². The first-order chi connectivity index (χ1) is 24.3. The first-order valence-corrected chi connectivity index (χ1v) is 18.0. The monoisotopic (exact) mass is 769 g/mol. The quantitative estimate of drug-likeness (QED) is 0.0681. The normalized spacial score (nSPS) is 11.8. The van der Waals surface area contributed by atoms with Crippen molar-refractivity contribution in [3.05, 3.63) is 139 Å². The van der Waals surface area contributed by atoms with E-state index in [1.807, 2.05) is 66.2 Å². The highest BCUT2D eigenvalue weighted by Crippen LogP contribution is 2.35. The van der Waals surface area contributed by atoms with E-state index in [1.165, 1.54) is 12.1 Å². The van der Waals surface area contributed by atoms with Gasteiger partial charge in [-0.3, -0.25) is 19.7 Å². The number of rotatable bonds is 14. The first kappa shape index (κ1) is 37.4. The first-order valence-electron chi connectivity index (χ1n) is 15.4. The summed E-state index contributed by atoms with van der Waals surface area (Å²) in [5, 5.41) is 15.8. The van der Waals surface area contributed by atoms with Gasteiger partial charge in [-0.2, -0.15) is 0 Å². The van der Waals surface area contributed by atoms with Gasteiger partial charge in [0.25, 0.3) is 21.6 Å². The van der Waals surface area contributed by atoms with Crippen LogP contribution in [0.1, 0.15) is 16.7 Å². The standard InChI is InChI=1S/C36H30Cl3N3O8S/c1-22-9-11-23(12-10-22)20-34(43)40-31(36(44)41-51(47,48)26-13-14-28(37)32(21-26)42(45)46)19-24-17-29(38)35(30(39)18-24)50-16-15-49-33-8-4-6-25-5-2-3-7-27(25)33/h2-14,17-18,21,31H,15-16,19-20H2,1H3,(H,40,43)(H,41,44)/t31-/m0/s1. The van der Waals surface area contributed by atoms with Crippen molar-refractivity contribution in [2.24, 2.45) is 0 Å². The number of fused-ring (bicyclic) bond motifs is 1. The number of nitrogens with one attached hydrogen (secondary N) is 2. The van der Waals surface area contributed by atoms with Crippen molar-refractivity contribution in [3.63, 3.8) is 0 Å². The minimum absolute atomic E-state index is 0.100. The summed E-state index contributed by atoms with van der Waals surface area (Å²) in [6.07, 6.45) is -0.332. The Labute approximate surface area is 308 Å². The maximum absolute atomic E-state index is 13.5. The summed E-state index contributed by atoms with van der Waals surface area (Å²) in [6.45, 7) is 2.18. The SMILES string of the molecule is Cc1ccc(CC(=O)N[C@@H](Cc2cc(Cl)c(OCCOc3cccc4ccccc34)c(Cl)c2)C(=O)NS(=O)(=O)c2ccc(Cl)c([N+](=O)[O-])c2)cc1. The lowest BCUT2D eigenvalue weighted by Gasteiger charge is -2.20. The van der Waals surface area contributed by atoms with Crippen LogP contribution in [0.5, 0.6) is 11.5 Å². The lowest BCUT2D eigenvalue weighted by molar-refractivity contribution is -0.384. The lowest BCUT2D eigenvalue weighted by atomic mass is 10.0. The van der Waals surface area contributed by atoms with E-state index in [1.54, 1.807) is 12.1 Å². The minimum Gasteiger partial charge on any atom is -0.489 e. The summed E-state index contributed by atoms with van der Waals surface area (Å²) in [6, 6.07) is 25.0. The smallest absolute Gasteiger partial charge is 0.289 e. The van der Waals surface area contributed by atoms with Gasteiger partial charge in [-0.1, -0.05) is 101 Å². The highest BCUT2D eigenvalue weighted by atomic mass is 35.5. The number of nitrogens with zero attached hydrogens (tertiary/aromatic N) is 1. The number of carbonyl (C=O) groups is 2. The summed E-state index contributed by atoms with van der Waals surface area (Å²) in [7, 11) is -4.64. The summed E-state index contributed by atoms with van der Waals surface area (Å²) in [4.78, 5) is 36.5. The maximum Gasteiger partial charge on any atom is 0.289 e. The largest absolute Gasteiger partial charge is 0.489 e. The van der Waals surface area contributed by atoms with Crippen LogP contribution in [0.4, 0.5) is 5.69 Å². The van der Waals surface area contributed by atoms with Crippen LogP contribution in [-0.2, 0) is 32.5 Å². The van der Waals surface area contributed by atoms with Gasteiger partial charge >= 0.3 is 0 Å². The molecule has 2 N–H and O–H groups in total. The molecule has 0 spiro atoms. The average molecular weight is 771 g/mol. The third kappa shape index (κ3) is 9.67. The Balaban J connectivity index is 1.31. The predicted octanol–water partition coefficient (Wildman–Crippen LogP) is 7.25. The van der Waals surface area contributed by atoms with Crippen molar-refractivity contribution < 1.29 is 32.4 Å². The average Bonchev–Trinajstić information content (AvgIpc) is 3.08. The van der Waals surface area contributed by atoms with E-state index in [9.17, 15) is 28.1 Å². The molecule has 0 bridgehead atoms. The Morgan fingerprint density at radius 2 is 1.49 bits per heavy atom. The fourth-order valence-corrected chi connectivity index (χ4v) is 7.00. The second-order valence-electron chi connectivity index (χ2n) is 11.4. The Morgan fingerprint density at radius 3 is 2.20 bits per heavy atom. The highest BCUT2D eigenvalue weighted by molar-refractivity contribution is 7.90. The molecule has 0 saturated heterocycles. The predicted molar refractivity (Wildman–Crippen MR) is 195 cm³/mol. The van der Waals surface area contributed by atoms with Gasteiger partial charge in [0.05, 0.1) is 26.3 Å². The molecule has 1 atom stereocenters. The molecule has 0 fully saturated rings. The van der Waals surface area contributed by atoms with Crippen LogP contribution in [0, 0.1) is 17.0 Å². The number of amides is 2. The molecular weight excluding hydrogens is 741 g/mol. The third-order valence-corrected chi connectivity index (χ3v) is 9.86. The van der Waals surface area contributed by atoms with E-state index in [0.717, 1.165) is 34.5 Å². The van der Waals surface area contributed by atoms with E-state index >= 15 is 0 Å². The minimum atomic E-state index is -4.64. The Kier molecular flexibility index (Phi) is 12.0. The molecular formula is C36H30Cl3N3O8S. The van der Waals surface area contributed by atoms with Gasteiger partial charge in [0, 0.05) is 17.9 Å². The number of aryl methyl sites for hydroxylation is 1. The number of ether oxygens (including phenoxy) is 2. The van der Waals surface area contributed by atoms with Crippen molar-refractivity contribution in [3.8, 4) is 11.5 Å². The van der Waals surface area contributed by atoms with Crippen LogP contribution in [0.3, 0.4) is 0 Å². The molecule has 264 valence electrons. The molecule has 51 heavy (non-hydrogen) atoms. The number of nitro groups is 1. The second kappa shape index (κ2) is 16.4. The van der Waals surface area contributed by atoms with Crippen LogP contribution in [0.2, 0.25) is 15.1 Å². The molecule has 5 aromatic rings. The summed E-state index contributed by atoms with van der Waals surface area (Å²) >= 11 is 18.9. The Hall–Kier alpha value is -4.88. The van der Waals surface area contributed by atoms with Crippen LogP contribution >= 0.6 is 34.8 Å². The molecule has 5 aromatic carbocycles. The maximum atomic E-state index is 13.5. The summed E-state index contributed by atoms with van der Waals surface area (Å²) in [5.41, 5.74) is 1.36. The molecule has 0 unspecified atom stereocenters. The summed E-state index contributed by atoms with van der Waals surface area (Å²) in [5.74, 6) is -0.820. The molecule has 0 aliphatic rings. The van der Waals surface area contributed by atoms with Crippen molar-refractivity contribution in [2.45, 2.75) is 30.7 Å². The third-order valence-electron chi connectivity index (χ3n) is 7.63. The zero-order valence-corrected chi connectivity index (χ0v) is 30.0. The van der Waals surface area contributed by atoms with Crippen LogP contribution < -0.4 is 19.5 Å². The van der Waals surface area contributed by atoms with Crippen molar-refractivity contribution in [1.82, 2.24) is 10.0 Å². The van der Waals surface area contributed by atoms with Gasteiger partial charge in [0.2, 0.25) is 5.91 Å². The number of hydrogen-bond acceptors (Lipinski definition) is 8. The fourth-order valence-electron chi connectivity index (χ4n) is 5.13. The van der Waals surface area contributed by atoms with Gasteiger partial charge in [-0.15, -0.1) is 0 Å². The second-order valence-corrected chi connectivity index (χ2v) is 14.3. The number of halogens is 3. The molecule has 15 heteroatoms. The zero-order chi connectivity index (χ0) is 36.7. The molecule has 0 saturated carbocycles. The Bertz CT molecular complexity index is 2190. The van der Waals surface area contributed by atoms with E-state index < -0.39 is 43.4 Å². The van der Waals surface area contributed by atoms with Crippen molar-refractivity contribution >= 4 is 73.1 Å². The van der Waals surface area contributed by atoms with Crippen molar-refractivity contribution in [1.29, 1.82) is 0 Å². The van der Waals surface area contributed by atoms with Gasteiger partial charge in [0.15, 0.2) is 5.75 Å². The van der Waals surface area contributed by atoms with E-state index in [-0.39, 0.29) is 46.9 Å². The molecule has 0 aromatic heterocycles. The van der Waals surface area contributed by atoms with Crippen LogP contribution in [-0.4, -0.2) is 44.4 Å². The topological polar surface area (TPSA) is 154 Å². The number of carbonyl (C=O) groups excluding carboxylic acids is 2. The molecule has 0 aliphatic carbocycles. The number of benzene rings is 5. The lowest BCUT2D eigenvalue weighted by Crippen LogP contribution is -2.49. The molecule has 11 nitrogen and oxygen atoms in total. The summed E-state index contributed by atoms with van der Waals surface area (Å²) < 4.78 is 39.9. The molecule has 2 amide bonds. The van der Waals surface area contributed by atoms with Crippen LogP contribution in [0.15, 0.2) is 102 Å². The highest BCUT2D eigenvalue weighted by Gasteiger charge is 2.29. The number of sulfonamides is 1. The van der Waals surface area contributed by atoms with E-state index in [0.29, 0.717) is 16.9 Å². The Morgan fingerprint density at radius 1 is 0.824 bits per heavy atom. The van der Waals surface area contributed by atoms with Gasteiger partial charge < -0.3 is 14.8 Å². The van der Waals surface area contributed by atoms with E-state index in [2.05, 4.69) is 5.32 Å².